The van der Waals surface area contributed by atoms with Gasteiger partial charge >= 0.3 is 0 Å². The minimum absolute atomic E-state index is 0.397. The number of carbonyl (C=O) groups is 1. The molecule has 1 rings (SSSR count). The maximum absolute atomic E-state index is 10.4. The number of nitrogens with one attached hydrogen (secondary N) is 1. The third kappa shape index (κ3) is 3.74. The van der Waals surface area contributed by atoms with Gasteiger partial charge in [0, 0.05) is 6.42 Å². The first kappa shape index (κ1) is 9.56. The predicted molar refractivity (Wildman–Crippen MR) is 48.5 cm³/mol. The Hall–Kier alpha value is -0.530. The molecule has 0 aromatic heterocycles. The summed E-state index contributed by atoms with van der Waals surface area (Å²) in [6.45, 7) is 0. The molecule has 0 aromatic carbocycles. The summed E-state index contributed by atoms with van der Waals surface area (Å²) in [5.74, 6) is 0.462. The molecule has 0 aliphatic heterocycles. The highest BCUT2D eigenvalue weighted by atomic mass is 16.1. The molecule has 69 valence electrons. The van der Waals surface area contributed by atoms with E-state index in [2.05, 4.69) is 0 Å². The number of hydrogen-bond acceptors (Lipinski definition) is 1. The molecule has 1 aliphatic rings. The monoisotopic (exact) mass is 168 g/mol. The summed E-state index contributed by atoms with van der Waals surface area (Å²) in [7, 11) is 0. The Morgan fingerprint density at radius 3 is 2.50 bits per heavy atom. The summed E-state index contributed by atoms with van der Waals surface area (Å²) in [6, 6.07) is 0. The van der Waals surface area contributed by atoms with Gasteiger partial charge in [-0.15, -0.1) is 0 Å². The van der Waals surface area contributed by atoms with Gasteiger partial charge in [-0.25, -0.2) is 0 Å². The Bertz CT molecular complexity index is 139. The van der Waals surface area contributed by atoms with Gasteiger partial charge in [-0.2, -0.15) is 0 Å². The minimum Gasteiger partial charge on any atom is -0.273 e. The first-order valence-corrected chi connectivity index (χ1v) is 5.03. The molecule has 12 heavy (non-hydrogen) atoms. The fraction of sp³-hybridized carbons (Fsp3) is 0.900. The van der Waals surface area contributed by atoms with Crippen molar-refractivity contribution in [2.45, 2.75) is 51.4 Å². The van der Waals surface area contributed by atoms with Crippen LogP contribution in [0.4, 0.5) is 0 Å². The van der Waals surface area contributed by atoms with Crippen LogP contribution in [0.3, 0.4) is 0 Å². The van der Waals surface area contributed by atoms with E-state index in [0.717, 1.165) is 12.3 Å². The van der Waals surface area contributed by atoms with Gasteiger partial charge in [0.1, 0.15) is 0 Å². The van der Waals surface area contributed by atoms with E-state index in [1.165, 1.54) is 38.5 Å². The Labute approximate surface area is 74.5 Å². The van der Waals surface area contributed by atoms with Crippen LogP contribution < -0.4 is 5.73 Å². The molecule has 1 fully saturated rings. The fourth-order valence-electron chi connectivity index (χ4n) is 2.03. The zero-order valence-electron chi connectivity index (χ0n) is 7.64. The quantitative estimate of drug-likeness (QED) is 0.636. The topological polar surface area (TPSA) is 40.9 Å². The lowest BCUT2D eigenvalue weighted by molar-refractivity contribution is -0.118. The standard InChI is InChI=1S/C10H18NO/c11-10(12)8-4-7-9-5-2-1-3-6-9/h9,11H,1-8H2. The van der Waals surface area contributed by atoms with Gasteiger partial charge in [0.2, 0.25) is 5.91 Å². The molecular weight excluding hydrogens is 150 g/mol. The maximum Gasteiger partial charge on any atom is 0.238 e. The summed E-state index contributed by atoms with van der Waals surface area (Å²) in [4.78, 5) is 10.4. The van der Waals surface area contributed by atoms with Gasteiger partial charge in [0.25, 0.3) is 0 Å². The zero-order valence-corrected chi connectivity index (χ0v) is 7.64. The molecule has 0 saturated heterocycles. The molecule has 1 radical (unpaired) electrons. The van der Waals surface area contributed by atoms with E-state index in [-0.39, 0.29) is 0 Å². The maximum atomic E-state index is 10.4. The SMILES string of the molecule is [NH]C(=O)CCCC1CCCCC1. The summed E-state index contributed by atoms with van der Waals surface area (Å²) >= 11 is 0. The Morgan fingerprint density at radius 2 is 1.92 bits per heavy atom. The Balaban J connectivity index is 2.01. The highest BCUT2D eigenvalue weighted by Gasteiger charge is 2.12. The van der Waals surface area contributed by atoms with E-state index in [9.17, 15) is 4.79 Å². The second-order valence-corrected chi connectivity index (χ2v) is 3.82. The van der Waals surface area contributed by atoms with Crippen molar-refractivity contribution in [1.29, 1.82) is 0 Å². The van der Waals surface area contributed by atoms with Gasteiger partial charge in [0.05, 0.1) is 0 Å². The van der Waals surface area contributed by atoms with Crippen molar-refractivity contribution in [3.63, 3.8) is 0 Å². The normalized spacial score (nSPS) is 19.3. The van der Waals surface area contributed by atoms with Crippen molar-refractivity contribution in [3.8, 4) is 0 Å². The van der Waals surface area contributed by atoms with Crippen molar-refractivity contribution in [2.24, 2.45) is 5.92 Å². The van der Waals surface area contributed by atoms with E-state index in [1.807, 2.05) is 0 Å². The number of amides is 1. The molecule has 1 aliphatic carbocycles. The molecule has 0 atom stereocenters. The van der Waals surface area contributed by atoms with Crippen molar-refractivity contribution in [2.75, 3.05) is 0 Å². The third-order valence-corrected chi connectivity index (χ3v) is 2.74. The second kappa shape index (κ2) is 5.18. The van der Waals surface area contributed by atoms with Crippen LogP contribution in [0.2, 0.25) is 0 Å². The lowest BCUT2D eigenvalue weighted by atomic mass is 9.86. The van der Waals surface area contributed by atoms with Crippen LogP contribution >= 0.6 is 0 Å². The van der Waals surface area contributed by atoms with Gasteiger partial charge in [0.15, 0.2) is 0 Å². The second-order valence-electron chi connectivity index (χ2n) is 3.82. The van der Waals surface area contributed by atoms with Gasteiger partial charge in [-0.05, 0) is 18.8 Å². The zero-order chi connectivity index (χ0) is 8.81. The van der Waals surface area contributed by atoms with Crippen LogP contribution in [-0.2, 0) is 4.79 Å². The summed E-state index contributed by atoms with van der Waals surface area (Å²) in [5, 5.41) is 0. The van der Waals surface area contributed by atoms with Gasteiger partial charge < -0.3 is 0 Å². The van der Waals surface area contributed by atoms with E-state index in [1.54, 1.807) is 0 Å². The summed E-state index contributed by atoms with van der Waals surface area (Å²) in [5.41, 5.74) is 6.76. The molecular formula is C10H18NO. The van der Waals surface area contributed by atoms with E-state index in [4.69, 9.17) is 5.73 Å². The molecule has 1 amide bonds. The van der Waals surface area contributed by atoms with Gasteiger partial charge in [-0.3, -0.25) is 10.5 Å². The minimum atomic E-state index is -0.397. The number of carbonyl (C=O) groups excluding carboxylic acids is 1. The van der Waals surface area contributed by atoms with Crippen molar-refractivity contribution in [3.05, 3.63) is 0 Å². The van der Waals surface area contributed by atoms with Gasteiger partial charge in [-0.1, -0.05) is 32.1 Å². The summed E-state index contributed by atoms with van der Waals surface area (Å²) < 4.78 is 0. The predicted octanol–water partition coefficient (Wildman–Crippen LogP) is 2.55. The average molecular weight is 168 g/mol. The van der Waals surface area contributed by atoms with Crippen LogP contribution in [0.25, 0.3) is 0 Å². The fourth-order valence-corrected chi connectivity index (χ4v) is 2.03. The molecule has 0 unspecified atom stereocenters. The van der Waals surface area contributed by atoms with Crippen LogP contribution in [0.5, 0.6) is 0 Å². The third-order valence-electron chi connectivity index (χ3n) is 2.74. The molecule has 0 spiro atoms. The average Bonchev–Trinajstić information content (AvgIpc) is 2.05. The van der Waals surface area contributed by atoms with Crippen LogP contribution in [0.15, 0.2) is 0 Å². The molecule has 0 heterocycles. The highest BCUT2D eigenvalue weighted by molar-refractivity contribution is 5.72. The number of rotatable bonds is 4. The molecule has 2 heteroatoms. The first-order chi connectivity index (χ1) is 5.79. The van der Waals surface area contributed by atoms with E-state index in [0.29, 0.717) is 6.42 Å². The number of hydrogen-bond donors (Lipinski definition) is 0. The van der Waals surface area contributed by atoms with Crippen LogP contribution in [-0.4, -0.2) is 5.91 Å². The Kier molecular flexibility index (Phi) is 4.12. The molecule has 0 bridgehead atoms. The van der Waals surface area contributed by atoms with Crippen LogP contribution in [0, 0.1) is 5.92 Å². The largest absolute Gasteiger partial charge is 0.273 e. The molecule has 1 N–H and O–H groups in total. The molecule has 0 aromatic rings. The van der Waals surface area contributed by atoms with E-state index < -0.39 is 5.91 Å². The van der Waals surface area contributed by atoms with Crippen molar-refractivity contribution in [1.82, 2.24) is 5.73 Å². The molecule has 2 nitrogen and oxygen atoms in total. The van der Waals surface area contributed by atoms with Crippen LogP contribution in [0.1, 0.15) is 51.4 Å². The Morgan fingerprint density at radius 1 is 1.25 bits per heavy atom. The van der Waals surface area contributed by atoms with Crippen molar-refractivity contribution < 1.29 is 4.79 Å². The van der Waals surface area contributed by atoms with E-state index >= 15 is 0 Å². The smallest absolute Gasteiger partial charge is 0.238 e. The first-order valence-electron chi connectivity index (χ1n) is 5.03. The molecule has 1 saturated carbocycles. The highest BCUT2D eigenvalue weighted by Crippen LogP contribution is 2.27. The van der Waals surface area contributed by atoms with Crippen molar-refractivity contribution >= 4 is 5.91 Å². The summed E-state index contributed by atoms with van der Waals surface area (Å²) in [6.07, 6.45) is 9.43. The lowest BCUT2D eigenvalue weighted by Gasteiger charge is -2.20. The lowest BCUT2D eigenvalue weighted by Crippen LogP contribution is -2.07.